The van der Waals surface area contributed by atoms with Crippen LogP contribution < -0.4 is 10.6 Å². The van der Waals surface area contributed by atoms with Crippen molar-refractivity contribution in [3.8, 4) is 0 Å². The van der Waals surface area contributed by atoms with Crippen LogP contribution >= 0.6 is 0 Å². The van der Waals surface area contributed by atoms with Crippen molar-refractivity contribution in [3.63, 3.8) is 0 Å². The fourth-order valence-electron chi connectivity index (χ4n) is 3.01. The van der Waals surface area contributed by atoms with Gasteiger partial charge in [-0.25, -0.2) is 8.42 Å². The lowest BCUT2D eigenvalue weighted by atomic mass is 10.2. The standard InChI is InChI=1S/C18H21N3O5S/c22-17(18(23)20-13-15-7-5-11-26-15)19-12-14-6-4-10-21(14)27(24,25)16-8-2-1-3-9-16/h1-3,5,7-9,11,14H,4,6,10,12-13H2,(H,19,22)(H,20,23)/t14-/m1/s1. The average molecular weight is 391 g/mol. The number of furan rings is 1. The van der Waals surface area contributed by atoms with Crippen molar-refractivity contribution in [1.82, 2.24) is 14.9 Å². The number of benzene rings is 1. The van der Waals surface area contributed by atoms with Gasteiger partial charge in [0.2, 0.25) is 10.0 Å². The lowest BCUT2D eigenvalue weighted by molar-refractivity contribution is -0.139. The molecule has 1 fully saturated rings. The first-order valence-electron chi connectivity index (χ1n) is 8.64. The topological polar surface area (TPSA) is 109 Å². The Kier molecular flexibility index (Phi) is 5.92. The monoisotopic (exact) mass is 391 g/mol. The fourth-order valence-corrected chi connectivity index (χ4v) is 4.72. The van der Waals surface area contributed by atoms with Gasteiger partial charge >= 0.3 is 11.8 Å². The summed E-state index contributed by atoms with van der Waals surface area (Å²) >= 11 is 0. The van der Waals surface area contributed by atoms with E-state index in [4.69, 9.17) is 4.42 Å². The predicted octanol–water partition coefficient (Wildman–Crippen LogP) is 0.865. The van der Waals surface area contributed by atoms with E-state index < -0.39 is 21.8 Å². The number of carbonyl (C=O) groups is 2. The third-order valence-corrected chi connectivity index (χ3v) is 6.35. The molecule has 0 unspecified atom stereocenters. The summed E-state index contributed by atoms with van der Waals surface area (Å²) in [5.41, 5.74) is 0. The first-order chi connectivity index (χ1) is 13.0. The van der Waals surface area contributed by atoms with Gasteiger partial charge in [-0.05, 0) is 37.1 Å². The van der Waals surface area contributed by atoms with Gasteiger partial charge in [0.15, 0.2) is 0 Å². The largest absolute Gasteiger partial charge is 0.467 e. The van der Waals surface area contributed by atoms with Crippen molar-refractivity contribution in [2.45, 2.75) is 30.3 Å². The Hall–Kier alpha value is -2.65. The molecule has 1 aliphatic rings. The Bertz CT molecular complexity index is 881. The molecule has 8 nitrogen and oxygen atoms in total. The third-order valence-electron chi connectivity index (χ3n) is 4.38. The van der Waals surface area contributed by atoms with Crippen LogP contribution in [0.15, 0.2) is 58.0 Å². The van der Waals surface area contributed by atoms with Crippen molar-refractivity contribution in [3.05, 3.63) is 54.5 Å². The van der Waals surface area contributed by atoms with Gasteiger partial charge in [0, 0.05) is 19.1 Å². The molecule has 0 bridgehead atoms. The zero-order valence-corrected chi connectivity index (χ0v) is 15.4. The summed E-state index contributed by atoms with van der Waals surface area (Å²) in [7, 11) is -3.63. The summed E-state index contributed by atoms with van der Waals surface area (Å²) in [6, 6.07) is 11.2. The van der Waals surface area contributed by atoms with Crippen molar-refractivity contribution in [1.29, 1.82) is 0 Å². The smallest absolute Gasteiger partial charge is 0.309 e. The second-order valence-corrected chi connectivity index (χ2v) is 8.09. The molecule has 27 heavy (non-hydrogen) atoms. The lowest BCUT2D eigenvalue weighted by Crippen LogP contribution is -2.46. The van der Waals surface area contributed by atoms with E-state index in [1.54, 1.807) is 42.5 Å². The molecule has 1 saturated heterocycles. The van der Waals surface area contributed by atoms with Crippen LogP contribution in [0.2, 0.25) is 0 Å². The lowest BCUT2D eigenvalue weighted by Gasteiger charge is -2.24. The minimum absolute atomic E-state index is 0.0824. The average Bonchev–Trinajstić information content (AvgIpc) is 3.36. The highest BCUT2D eigenvalue weighted by Crippen LogP contribution is 2.25. The Morgan fingerprint density at radius 1 is 1.07 bits per heavy atom. The molecule has 0 spiro atoms. The van der Waals surface area contributed by atoms with Crippen LogP contribution in [-0.4, -0.2) is 43.7 Å². The molecule has 1 aromatic heterocycles. The normalized spacial score (nSPS) is 17.6. The van der Waals surface area contributed by atoms with Gasteiger partial charge in [-0.3, -0.25) is 9.59 Å². The maximum atomic E-state index is 12.8. The molecule has 0 saturated carbocycles. The summed E-state index contributed by atoms with van der Waals surface area (Å²) in [5, 5.41) is 4.97. The van der Waals surface area contributed by atoms with Crippen LogP contribution in [0.3, 0.4) is 0 Å². The Morgan fingerprint density at radius 3 is 2.52 bits per heavy atom. The second-order valence-electron chi connectivity index (χ2n) is 6.20. The molecule has 1 aliphatic heterocycles. The van der Waals surface area contributed by atoms with Gasteiger partial charge < -0.3 is 15.1 Å². The van der Waals surface area contributed by atoms with Crippen LogP contribution in [-0.2, 0) is 26.2 Å². The van der Waals surface area contributed by atoms with E-state index in [-0.39, 0.29) is 24.0 Å². The van der Waals surface area contributed by atoms with Crippen LogP contribution in [0.1, 0.15) is 18.6 Å². The van der Waals surface area contributed by atoms with Crippen LogP contribution in [0.5, 0.6) is 0 Å². The molecule has 0 aliphatic carbocycles. The molecule has 9 heteroatoms. The SMILES string of the molecule is O=C(NCc1ccco1)C(=O)NC[C@H]1CCCN1S(=O)(=O)c1ccccc1. The van der Waals surface area contributed by atoms with Gasteiger partial charge in [-0.15, -0.1) is 0 Å². The quantitative estimate of drug-likeness (QED) is 0.710. The number of sulfonamides is 1. The molecular weight excluding hydrogens is 370 g/mol. The van der Waals surface area contributed by atoms with E-state index in [1.165, 1.54) is 10.6 Å². The van der Waals surface area contributed by atoms with E-state index >= 15 is 0 Å². The van der Waals surface area contributed by atoms with E-state index in [0.717, 1.165) is 0 Å². The number of hydrogen-bond acceptors (Lipinski definition) is 5. The second kappa shape index (κ2) is 8.36. The molecule has 1 atom stereocenters. The molecule has 3 rings (SSSR count). The maximum Gasteiger partial charge on any atom is 0.309 e. The summed E-state index contributed by atoms with van der Waals surface area (Å²) in [5.74, 6) is -1.06. The fraction of sp³-hybridized carbons (Fsp3) is 0.333. The third kappa shape index (κ3) is 4.55. The zero-order chi connectivity index (χ0) is 19.3. The minimum atomic E-state index is -3.63. The van der Waals surface area contributed by atoms with Crippen LogP contribution in [0.4, 0.5) is 0 Å². The number of rotatable bonds is 6. The first kappa shape index (κ1) is 19.1. The van der Waals surface area contributed by atoms with Gasteiger partial charge in [0.25, 0.3) is 0 Å². The number of carbonyl (C=O) groups excluding carboxylic acids is 2. The minimum Gasteiger partial charge on any atom is -0.467 e. The summed E-state index contributed by atoms with van der Waals surface area (Å²) < 4.78 is 32.0. The van der Waals surface area contributed by atoms with Crippen LogP contribution in [0.25, 0.3) is 0 Å². The summed E-state index contributed by atoms with van der Waals surface area (Å²) in [4.78, 5) is 24.0. The van der Waals surface area contributed by atoms with Crippen LogP contribution in [0, 0.1) is 0 Å². The molecule has 144 valence electrons. The van der Waals surface area contributed by atoms with E-state index in [2.05, 4.69) is 10.6 Å². The number of nitrogens with one attached hydrogen (secondary N) is 2. The Balaban J connectivity index is 1.55. The number of nitrogens with zero attached hydrogens (tertiary/aromatic N) is 1. The van der Waals surface area contributed by atoms with E-state index in [0.29, 0.717) is 25.1 Å². The van der Waals surface area contributed by atoms with E-state index in [9.17, 15) is 18.0 Å². The van der Waals surface area contributed by atoms with Gasteiger partial charge in [-0.1, -0.05) is 18.2 Å². The van der Waals surface area contributed by atoms with Gasteiger partial charge in [0.05, 0.1) is 17.7 Å². The molecule has 2 heterocycles. The molecule has 0 radical (unpaired) electrons. The maximum absolute atomic E-state index is 12.8. The van der Waals surface area contributed by atoms with Gasteiger partial charge in [0.1, 0.15) is 5.76 Å². The predicted molar refractivity (Wildman–Crippen MR) is 96.9 cm³/mol. The number of amides is 2. The highest BCUT2D eigenvalue weighted by molar-refractivity contribution is 7.89. The molecule has 2 amide bonds. The first-order valence-corrected chi connectivity index (χ1v) is 10.1. The van der Waals surface area contributed by atoms with Gasteiger partial charge in [-0.2, -0.15) is 4.31 Å². The highest BCUT2D eigenvalue weighted by Gasteiger charge is 2.35. The highest BCUT2D eigenvalue weighted by atomic mass is 32.2. The molecular formula is C18H21N3O5S. The molecule has 2 aromatic rings. The Labute approximate surface area is 157 Å². The van der Waals surface area contributed by atoms with Crippen molar-refractivity contribution < 1.29 is 22.4 Å². The summed E-state index contributed by atoms with van der Waals surface area (Å²) in [6.45, 7) is 0.582. The zero-order valence-electron chi connectivity index (χ0n) is 14.6. The molecule has 1 aromatic carbocycles. The Morgan fingerprint density at radius 2 is 1.81 bits per heavy atom. The van der Waals surface area contributed by atoms with Crippen molar-refractivity contribution in [2.75, 3.05) is 13.1 Å². The number of hydrogen-bond donors (Lipinski definition) is 2. The van der Waals surface area contributed by atoms with E-state index in [1.807, 2.05) is 0 Å². The van der Waals surface area contributed by atoms with Crippen molar-refractivity contribution in [2.24, 2.45) is 0 Å². The summed E-state index contributed by atoms with van der Waals surface area (Å²) in [6.07, 6.45) is 2.81. The van der Waals surface area contributed by atoms with Crippen molar-refractivity contribution >= 4 is 21.8 Å². The molecule has 2 N–H and O–H groups in total.